The molecule has 21 heavy (non-hydrogen) atoms. The van der Waals surface area contributed by atoms with Crippen LogP contribution in [-0.2, 0) is 6.42 Å². The fourth-order valence-electron chi connectivity index (χ4n) is 2.73. The smallest absolute Gasteiger partial charge is 0.254 e. The van der Waals surface area contributed by atoms with Gasteiger partial charge in [0.1, 0.15) is 0 Å². The fraction of sp³-hybridized carbons (Fsp3) is 0.188. The molecule has 0 aliphatic heterocycles. The Hall–Kier alpha value is -1.71. The van der Waals surface area contributed by atoms with Crippen LogP contribution in [0.3, 0.4) is 0 Å². The van der Waals surface area contributed by atoms with E-state index in [4.69, 9.17) is 28.9 Å². The van der Waals surface area contributed by atoms with Crippen LogP contribution in [-0.4, -0.2) is 5.91 Å². The van der Waals surface area contributed by atoms with E-state index in [-0.39, 0.29) is 11.9 Å². The number of nitrogen functional groups attached to an aromatic ring is 1. The molecule has 1 aliphatic rings. The van der Waals surface area contributed by atoms with Crippen LogP contribution >= 0.6 is 23.2 Å². The number of hydrogen-bond donors (Lipinski definition) is 2. The summed E-state index contributed by atoms with van der Waals surface area (Å²) in [6.45, 7) is 0. The minimum absolute atomic E-state index is 0.0274. The number of nitrogens with two attached hydrogens (primary N) is 1. The van der Waals surface area contributed by atoms with Crippen molar-refractivity contribution >= 4 is 34.8 Å². The van der Waals surface area contributed by atoms with E-state index in [9.17, 15) is 4.79 Å². The molecule has 108 valence electrons. The highest BCUT2D eigenvalue weighted by Crippen LogP contribution is 2.33. The fourth-order valence-corrected chi connectivity index (χ4v) is 3.30. The van der Waals surface area contributed by atoms with Gasteiger partial charge in [-0.1, -0.05) is 35.3 Å². The average Bonchev–Trinajstić information content (AvgIpc) is 2.80. The quantitative estimate of drug-likeness (QED) is 0.822. The van der Waals surface area contributed by atoms with Crippen molar-refractivity contribution in [2.45, 2.75) is 18.9 Å². The lowest BCUT2D eigenvalue weighted by Gasteiger charge is -2.15. The molecule has 0 saturated carbocycles. The highest BCUT2D eigenvalue weighted by atomic mass is 35.5. The van der Waals surface area contributed by atoms with E-state index in [1.807, 2.05) is 18.2 Å². The zero-order chi connectivity index (χ0) is 15.0. The minimum atomic E-state index is -0.250. The molecule has 0 saturated heterocycles. The number of halogens is 2. The number of rotatable bonds is 2. The lowest BCUT2D eigenvalue weighted by atomic mass is 10.1. The molecule has 1 aliphatic carbocycles. The monoisotopic (exact) mass is 320 g/mol. The predicted molar refractivity (Wildman–Crippen MR) is 85.8 cm³/mol. The topological polar surface area (TPSA) is 55.1 Å². The van der Waals surface area contributed by atoms with Gasteiger partial charge in [-0.2, -0.15) is 0 Å². The summed E-state index contributed by atoms with van der Waals surface area (Å²) in [7, 11) is 0. The molecule has 0 aromatic heterocycles. The molecular formula is C16H14Cl2N2O. The van der Waals surface area contributed by atoms with Crippen molar-refractivity contribution in [1.29, 1.82) is 0 Å². The first-order valence-electron chi connectivity index (χ1n) is 6.69. The Morgan fingerprint density at radius 1 is 1.19 bits per heavy atom. The highest BCUT2D eigenvalue weighted by molar-refractivity contribution is 6.39. The van der Waals surface area contributed by atoms with Crippen molar-refractivity contribution in [3.8, 4) is 0 Å². The van der Waals surface area contributed by atoms with E-state index < -0.39 is 0 Å². The summed E-state index contributed by atoms with van der Waals surface area (Å²) in [6.07, 6.45) is 1.76. The molecule has 0 spiro atoms. The van der Waals surface area contributed by atoms with Crippen molar-refractivity contribution in [2.75, 3.05) is 5.73 Å². The molecule has 0 fully saturated rings. The number of carbonyl (C=O) groups excluding carboxylic acids is 1. The first-order chi connectivity index (χ1) is 10.1. The summed E-state index contributed by atoms with van der Waals surface area (Å²) in [6, 6.07) is 10.8. The Morgan fingerprint density at radius 3 is 2.62 bits per heavy atom. The maximum Gasteiger partial charge on any atom is 0.254 e. The number of fused-ring (bicyclic) bond motifs is 1. The van der Waals surface area contributed by atoms with Crippen LogP contribution in [0.25, 0.3) is 0 Å². The molecule has 0 heterocycles. The Labute approximate surface area is 133 Å². The second-order valence-electron chi connectivity index (χ2n) is 5.12. The first kappa shape index (κ1) is 14.2. The van der Waals surface area contributed by atoms with E-state index in [0.717, 1.165) is 24.1 Å². The zero-order valence-electron chi connectivity index (χ0n) is 11.2. The van der Waals surface area contributed by atoms with E-state index in [0.29, 0.717) is 15.6 Å². The van der Waals surface area contributed by atoms with E-state index in [1.54, 1.807) is 18.2 Å². The van der Waals surface area contributed by atoms with Crippen LogP contribution in [0.15, 0.2) is 36.4 Å². The van der Waals surface area contributed by atoms with Gasteiger partial charge in [0.15, 0.2) is 0 Å². The number of carbonyl (C=O) groups is 1. The van der Waals surface area contributed by atoms with Crippen LogP contribution in [0.1, 0.15) is 33.9 Å². The molecule has 0 radical (unpaired) electrons. The van der Waals surface area contributed by atoms with Gasteiger partial charge < -0.3 is 11.1 Å². The molecule has 3 N–H and O–H groups in total. The first-order valence-corrected chi connectivity index (χ1v) is 7.45. The largest absolute Gasteiger partial charge is 0.399 e. The van der Waals surface area contributed by atoms with Crippen molar-refractivity contribution < 1.29 is 4.79 Å². The van der Waals surface area contributed by atoms with Gasteiger partial charge in [-0.15, -0.1) is 0 Å². The van der Waals surface area contributed by atoms with Crippen LogP contribution in [0.4, 0.5) is 5.69 Å². The summed E-state index contributed by atoms with van der Waals surface area (Å²) in [5.41, 5.74) is 9.15. The third kappa shape index (κ3) is 2.71. The van der Waals surface area contributed by atoms with Crippen molar-refractivity contribution in [3.63, 3.8) is 0 Å². The van der Waals surface area contributed by atoms with Crippen LogP contribution in [0.2, 0.25) is 10.0 Å². The van der Waals surface area contributed by atoms with Gasteiger partial charge >= 0.3 is 0 Å². The van der Waals surface area contributed by atoms with E-state index >= 15 is 0 Å². The Bertz CT molecular complexity index is 695. The van der Waals surface area contributed by atoms with Gasteiger partial charge in [0, 0.05) is 5.69 Å². The number of hydrogen-bond acceptors (Lipinski definition) is 2. The average molecular weight is 321 g/mol. The molecule has 3 nitrogen and oxygen atoms in total. The molecule has 1 atom stereocenters. The molecule has 2 aromatic carbocycles. The summed E-state index contributed by atoms with van der Waals surface area (Å²) in [4.78, 5) is 12.4. The maximum absolute atomic E-state index is 12.4. The lowest BCUT2D eigenvalue weighted by molar-refractivity contribution is 0.0937. The number of benzene rings is 2. The Kier molecular flexibility index (Phi) is 3.79. The van der Waals surface area contributed by atoms with Crippen LogP contribution in [0, 0.1) is 0 Å². The predicted octanol–water partition coefficient (Wildman–Crippen LogP) is 3.99. The second kappa shape index (κ2) is 5.58. The maximum atomic E-state index is 12.4. The highest BCUT2D eigenvalue weighted by Gasteiger charge is 2.25. The van der Waals surface area contributed by atoms with Gasteiger partial charge in [0.25, 0.3) is 5.91 Å². The molecule has 5 heteroatoms. The molecule has 1 amide bonds. The van der Waals surface area contributed by atoms with Gasteiger partial charge in [0.2, 0.25) is 0 Å². The Morgan fingerprint density at radius 2 is 1.90 bits per heavy atom. The third-order valence-corrected chi connectivity index (χ3v) is 4.37. The van der Waals surface area contributed by atoms with Gasteiger partial charge in [-0.3, -0.25) is 4.79 Å². The summed E-state index contributed by atoms with van der Waals surface area (Å²) in [5.74, 6) is -0.250. The Balaban J connectivity index is 1.85. The van der Waals surface area contributed by atoms with Crippen LogP contribution < -0.4 is 11.1 Å². The zero-order valence-corrected chi connectivity index (χ0v) is 12.7. The summed E-state index contributed by atoms with van der Waals surface area (Å²) >= 11 is 12.1. The summed E-state index contributed by atoms with van der Waals surface area (Å²) < 4.78 is 0. The molecular weight excluding hydrogens is 307 g/mol. The molecule has 3 rings (SSSR count). The number of nitrogens with one attached hydrogen (secondary N) is 1. The van der Waals surface area contributed by atoms with Crippen LogP contribution in [0.5, 0.6) is 0 Å². The van der Waals surface area contributed by atoms with E-state index in [1.165, 1.54) is 5.56 Å². The van der Waals surface area contributed by atoms with Gasteiger partial charge in [-0.05, 0) is 48.2 Å². The van der Waals surface area contributed by atoms with Crippen molar-refractivity contribution in [1.82, 2.24) is 5.32 Å². The molecule has 1 unspecified atom stereocenters. The second-order valence-corrected chi connectivity index (χ2v) is 5.93. The van der Waals surface area contributed by atoms with Gasteiger partial charge in [0.05, 0.1) is 21.7 Å². The van der Waals surface area contributed by atoms with Gasteiger partial charge in [-0.25, -0.2) is 0 Å². The molecule has 0 bridgehead atoms. The van der Waals surface area contributed by atoms with Crippen molar-refractivity contribution in [3.05, 3.63) is 63.1 Å². The normalized spacial score (nSPS) is 16.6. The summed E-state index contributed by atoms with van der Waals surface area (Å²) in [5, 5.41) is 3.72. The van der Waals surface area contributed by atoms with E-state index in [2.05, 4.69) is 5.32 Å². The SMILES string of the molecule is Nc1ccc2c(c1)CCC2NC(=O)c1c(Cl)cccc1Cl. The number of anilines is 1. The number of aryl methyl sites for hydroxylation is 1. The number of amides is 1. The minimum Gasteiger partial charge on any atom is -0.399 e. The lowest BCUT2D eigenvalue weighted by Crippen LogP contribution is -2.27. The molecule has 2 aromatic rings. The third-order valence-electron chi connectivity index (χ3n) is 3.74. The van der Waals surface area contributed by atoms with Crippen molar-refractivity contribution in [2.24, 2.45) is 0 Å². The standard InChI is InChI=1S/C16H14Cl2N2O/c17-12-2-1-3-13(18)15(12)16(21)20-14-7-4-9-8-10(19)5-6-11(9)14/h1-3,5-6,8,14H,4,7,19H2,(H,20,21).